The van der Waals surface area contributed by atoms with Crippen LogP contribution >= 0.6 is 0 Å². The molecule has 1 aliphatic rings. The fourth-order valence-electron chi connectivity index (χ4n) is 1.50. The average molecular weight is 207 g/mol. The molecule has 15 heavy (non-hydrogen) atoms. The molecule has 2 N–H and O–H groups in total. The Kier molecular flexibility index (Phi) is 2.78. The van der Waals surface area contributed by atoms with Crippen molar-refractivity contribution in [1.29, 1.82) is 0 Å². The normalized spacial score (nSPS) is 13.5. The van der Waals surface area contributed by atoms with Crippen molar-refractivity contribution >= 4 is 6.08 Å². The van der Waals surface area contributed by atoms with Gasteiger partial charge in [0, 0.05) is 6.54 Å². The van der Waals surface area contributed by atoms with E-state index in [1.807, 2.05) is 24.3 Å². The van der Waals surface area contributed by atoms with Gasteiger partial charge in [-0.1, -0.05) is 12.2 Å². The van der Waals surface area contributed by atoms with Gasteiger partial charge in [0.1, 0.15) is 5.75 Å². The maximum absolute atomic E-state index is 5.41. The Labute approximate surface area is 88.2 Å². The van der Waals surface area contributed by atoms with E-state index < -0.39 is 0 Å². The first kappa shape index (κ1) is 9.86. The van der Waals surface area contributed by atoms with E-state index in [9.17, 15) is 0 Å². The molecule has 0 radical (unpaired) electrons. The van der Waals surface area contributed by atoms with E-state index in [1.165, 1.54) is 0 Å². The van der Waals surface area contributed by atoms with Crippen LogP contribution in [0.4, 0.5) is 0 Å². The molecule has 4 heteroatoms. The third-order valence-corrected chi connectivity index (χ3v) is 2.18. The van der Waals surface area contributed by atoms with E-state index >= 15 is 0 Å². The van der Waals surface area contributed by atoms with Gasteiger partial charge in [-0.15, -0.1) is 0 Å². The molecule has 2 rings (SSSR count). The highest BCUT2D eigenvalue weighted by Crippen LogP contribution is 2.41. The van der Waals surface area contributed by atoms with Crippen molar-refractivity contribution in [2.75, 3.05) is 20.4 Å². The fourth-order valence-corrected chi connectivity index (χ4v) is 1.50. The molecule has 0 fully saturated rings. The smallest absolute Gasteiger partial charge is 0.231 e. The maximum atomic E-state index is 5.41. The highest BCUT2D eigenvalue weighted by Gasteiger charge is 2.19. The summed E-state index contributed by atoms with van der Waals surface area (Å²) in [6.45, 7) is 0.736. The van der Waals surface area contributed by atoms with Crippen LogP contribution in [0.15, 0.2) is 18.2 Å². The first-order valence-electron chi connectivity index (χ1n) is 4.70. The summed E-state index contributed by atoms with van der Waals surface area (Å²) in [5.41, 5.74) is 6.29. The van der Waals surface area contributed by atoms with Crippen LogP contribution < -0.4 is 19.9 Å². The number of rotatable bonds is 3. The maximum Gasteiger partial charge on any atom is 0.231 e. The summed E-state index contributed by atoms with van der Waals surface area (Å²) in [5, 5.41) is 0. The zero-order valence-corrected chi connectivity index (χ0v) is 8.53. The van der Waals surface area contributed by atoms with Crippen LogP contribution in [0.5, 0.6) is 17.2 Å². The quantitative estimate of drug-likeness (QED) is 0.813. The molecule has 0 atom stereocenters. The summed E-state index contributed by atoms with van der Waals surface area (Å²) in [4.78, 5) is 0. The summed E-state index contributed by atoms with van der Waals surface area (Å²) in [7, 11) is 1.62. The largest absolute Gasteiger partial charge is 0.496 e. The standard InChI is InChI=1S/C11H13NO3/c1-13-9-4-5-10-11(15-7-14-10)8(9)3-2-6-12/h2-5H,6-7,12H2,1H3/b3-2+. The molecule has 0 aromatic heterocycles. The minimum atomic E-state index is 0.256. The van der Waals surface area contributed by atoms with E-state index in [2.05, 4.69) is 0 Å². The summed E-state index contributed by atoms with van der Waals surface area (Å²) in [5.74, 6) is 2.22. The van der Waals surface area contributed by atoms with E-state index in [4.69, 9.17) is 19.9 Å². The molecule has 80 valence electrons. The highest BCUT2D eigenvalue weighted by atomic mass is 16.7. The van der Waals surface area contributed by atoms with Crippen molar-refractivity contribution in [3.63, 3.8) is 0 Å². The molecule has 1 aromatic carbocycles. The highest BCUT2D eigenvalue weighted by molar-refractivity contribution is 5.69. The number of ether oxygens (including phenoxy) is 3. The molecule has 0 aliphatic carbocycles. The number of nitrogens with two attached hydrogens (primary N) is 1. The number of benzene rings is 1. The van der Waals surface area contributed by atoms with E-state index in [0.717, 1.165) is 22.8 Å². The van der Waals surface area contributed by atoms with Gasteiger partial charge in [-0.2, -0.15) is 0 Å². The Bertz CT molecular complexity index is 388. The van der Waals surface area contributed by atoms with Gasteiger partial charge in [0.2, 0.25) is 6.79 Å². The molecule has 0 spiro atoms. The third kappa shape index (κ3) is 1.76. The molecule has 1 aliphatic heterocycles. The summed E-state index contributed by atoms with van der Waals surface area (Å²) in [6.07, 6.45) is 3.73. The molecule has 4 nitrogen and oxygen atoms in total. The summed E-state index contributed by atoms with van der Waals surface area (Å²) in [6, 6.07) is 3.69. The van der Waals surface area contributed by atoms with Gasteiger partial charge in [-0.3, -0.25) is 0 Å². The van der Waals surface area contributed by atoms with Gasteiger partial charge < -0.3 is 19.9 Å². The Hall–Kier alpha value is -1.68. The lowest BCUT2D eigenvalue weighted by atomic mass is 10.1. The first-order chi connectivity index (χ1) is 7.36. The van der Waals surface area contributed by atoms with Crippen LogP contribution in [-0.4, -0.2) is 20.4 Å². The van der Waals surface area contributed by atoms with Gasteiger partial charge in [0.05, 0.1) is 12.7 Å². The SMILES string of the molecule is COc1ccc2c(c1/C=C/CN)OCO2. The lowest BCUT2D eigenvalue weighted by Gasteiger charge is -2.07. The third-order valence-electron chi connectivity index (χ3n) is 2.18. The van der Waals surface area contributed by atoms with Gasteiger partial charge in [-0.05, 0) is 12.1 Å². The van der Waals surface area contributed by atoms with Crippen molar-refractivity contribution < 1.29 is 14.2 Å². The topological polar surface area (TPSA) is 53.7 Å². The van der Waals surface area contributed by atoms with Crippen LogP contribution in [0.1, 0.15) is 5.56 Å². The lowest BCUT2D eigenvalue weighted by molar-refractivity contribution is 0.173. The molecule has 1 heterocycles. The minimum absolute atomic E-state index is 0.256. The van der Waals surface area contributed by atoms with Crippen LogP contribution in [0.3, 0.4) is 0 Å². The number of methoxy groups -OCH3 is 1. The Morgan fingerprint density at radius 2 is 2.33 bits per heavy atom. The zero-order chi connectivity index (χ0) is 10.7. The van der Waals surface area contributed by atoms with Gasteiger partial charge in [-0.25, -0.2) is 0 Å². The van der Waals surface area contributed by atoms with Gasteiger partial charge in [0.25, 0.3) is 0 Å². The molecule has 0 saturated carbocycles. The molecule has 0 unspecified atom stereocenters. The molecule has 0 saturated heterocycles. The van der Waals surface area contributed by atoms with Crippen LogP contribution in [-0.2, 0) is 0 Å². The average Bonchev–Trinajstić information content (AvgIpc) is 2.73. The van der Waals surface area contributed by atoms with Crippen molar-refractivity contribution in [2.45, 2.75) is 0 Å². The summed E-state index contributed by atoms with van der Waals surface area (Å²) >= 11 is 0. The summed E-state index contributed by atoms with van der Waals surface area (Å²) < 4.78 is 15.9. The fraction of sp³-hybridized carbons (Fsp3) is 0.273. The second-order valence-corrected chi connectivity index (χ2v) is 3.05. The van der Waals surface area contributed by atoms with Crippen LogP contribution in [0.2, 0.25) is 0 Å². The lowest BCUT2D eigenvalue weighted by Crippen LogP contribution is -1.95. The van der Waals surface area contributed by atoms with Crippen molar-refractivity contribution in [3.05, 3.63) is 23.8 Å². The van der Waals surface area contributed by atoms with Crippen molar-refractivity contribution in [3.8, 4) is 17.2 Å². The number of fused-ring (bicyclic) bond motifs is 1. The molecule has 0 amide bonds. The predicted molar refractivity (Wildman–Crippen MR) is 57.2 cm³/mol. The van der Waals surface area contributed by atoms with E-state index in [1.54, 1.807) is 7.11 Å². The van der Waals surface area contributed by atoms with Crippen molar-refractivity contribution in [2.24, 2.45) is 5.73 Å². The Morgan fingerprint density at radius 3 is 3.07 bits per heavy atom. The minimum Gasteiger partial charge on any atom is -0.496 e. The van der Waals surface area contributed by atoms with Crippen LogP contribution in [0, 0.1) is 0 Å². The molecule has 0 bridgehead atoms. The number of hydrogen-bond acceptors (Lipinski definition) is 4. The number of hydrogen-bond donors (Lipinski definition) is 1. The molecular formula is C11H13NO3. The second-order valence-electron chi connectivity index (χ2n) is 3.05. The monoisotopic (exact) mass is 207 g/mol. The Morgan fingerprint density at radius 1 is 1.47 bits per heavy atom. The first-order valence-corrected chi connectivity index (χ1v) is 4.70. The van der Waals surface area contributed by atoms with Gasteiger partial charge in [0.15, 0.2) is 11.5 Å². The van der Waals surface area contributed by atoms with Crippen LogP contribution in [0.25, 0.3) is 6.08 Å². The van der Waals surface area contributed by atoms with E-state index in [0.29, 0.717) is 6.54 Å². The Balaban J connectivity index is 2.47. The van der Waals surface area contributed by atoms with Crippen molar-refractivity contribution in [1.82, 2.24) is 0 Å². The van der Waals surface area contributed by atoms with E-state index in [-0.39, 0.29) is 6.79 Å². The van der Waals surface area contributed by atoms with Gasteiger partial charge >= 0.3 is 0 Å². The zero-order valence-electron chi connectivity index (χ0n) is 8.53. The second kappa shape index (κ2) is 4.23. The molecular weight excluding hydrogens is 194 g/mol. The predicted octanol–water partition coefficient (Wildman–Crippen LogP) is 1.40. The molecule has 1 aromatic rings.